The zero-order valence-corrected chi connectivity index (χ0v) is 6.41. The lowest BCUT2D eigenvalue weighted by Gasteiger charge is -1.98. The maximum Gasteiger partial charge on any atom is 0.0765 e. The second-order valence-electron chi connectivity index (χ2n) is 3.06. The number of fused-ring (bicyclic) bond motifs is 3. The fourth-order valence-electron chi connectivity index (χ4n) is 1.73. The van der Waals surface area contributed by atoms with Crippen LogP contribution in [0.4, 0.5) is 0 Å². The van der Waals surface area contributed by atoms with Gasteiger partial charge in [0.25, 0.3) is 0 Å². The molecule has 2 aromatic rings. The standard InChI is InChI=1S/C10H7NO/c12-5-8-3-6-1-2-7-4-9(6)11-10(7)8/h1-4,12H,5H2. The minimum atomic E-state index is 0.0780. The van der Waals surface area contributed by atoms with Crippen LogP contribution in [-0.2, 0) is 6.61 Å². The number of aliphatic hydroxyl groups excluding tert-OH is 1. The number of benzene rings is 1. The highest BCUT2D eigenvalue weighted by Gasteiger charge is 2.14. The van der Waals surface area contributed by atoms with Crippen LogP contribution < -0.4 is 0 Å². The number of hydrogen-bond donors (Lipinski definition) is 1. The second kappa shape index (κ2) is 1.84. The monoisotopic (exact) mass is 157 g/mol. The van der Waals surface area contributed by atoms with E-state index in [0.29, 0.717) is 0 Å². The van der Waals surface area contributed by atoms with Crippen LogP contribution in [0, 0.1) is 0 Å². The predicted molar refractivity (Wildman–Crippen MR) is 46.7 cm³/mol. The van der Waals surface area contributed by atoms with Crippen molar-refractivity contribution in [1.82, 2.24) is 4.98 Å². The first kappa shape index (κ1) is 6.14. The molecule has 0 atom stereocenters. The number of rotatable bonds is 1. The Kier molecular flexibility index (Phi) is 0.944. The molecule has 0 saturated carbocycles. The summed E-state index contributed by atoms with van der Waals surface area (Å²) >= 11 is 0. The third-order valence-electron chi connectivity index (χ3n) is 2.34. The van der Waals surface area contributed by atoms with E-state index in [9.17, 15) is 0 Å². The molecule has 1 aliphatic rings. The van der Waals surface area contributed by atoms with Crippen LogP contribution in [0.2, 0.25) is 0 Å². The predicted octanol–water partition coefficient (Wildman–Crippen LogP) is 1.71. The molecule has 0 aliphatic carbocycles. The summed E-state index contributed by atoms with van der Waals surface area (Å²) in [5.74, 6) is 0. The molecule has 1 aliphatic heterocycles. The second-order valence-corrected chi connectivity index (χ2v) is 3.06. The Labute approximate surface area is 69.5 Å². The van der Waals surface area contributed by atoms with Crippen LogP contribution in [0.25, 0.3) is 22.2 Å². The zero-order chi connectivity index (χ0) is 8.13. The zero-order valence-electron chi connectivity index (χ0n) is 6.41. The van der Waals surface area contributed by atoms with Crippen molar-refractivity contribution in [2.75, 3.05) is 0 Å². The lowest BCUT2D eigenvalue weighted by Crippen LogP contribution is -1.86. The van der Waals surface area contributed by atoms with E-state index < -0.39 is 0 Å². The van der Waals surface area contributed by atoms with Crippen molar-refractivity contribution in [3.8, 4) is 11.3 Å². The van der Waals surface area contributed by atoms with Crippen molar-refractivity contribution in [3.63, 3.8) is 0 Å². The third kappa shape index (κ3) is 0.565. The Balaban J connectivity index is 2.54. The first-order valence-corrected chi connectivity index (χ1v) is 3.93. The molecule has 0 spiro atoms. The number of pyridine rings is 1. The molecule has 12 heavy (non-hydrogen) atoms. The van der Waals surface area contributed by atoms with Gasteiger partial charge in [0, 0.05) is 16.5 Å². The molecule has 1 N–H and O–H groups in total. The van der Waals surface area contributed by atoms with Gasteiger partial charge in [-0.15, -0.1) is 0 Å². The molecule has 0 unspecified atom stereocenters. The van der Waals surface area contributed by atoms with Crippen LogP contribution in [0.1, 0.15) is 5.56 Å². The highest BCUT2D eigenvalue weighted by Crippen LogP contribution is 2.33. The van der Waals surface area contributed by atoms with Gasteiger partial charge in [-0.25, -0.2) is 4.98 Å². The number of hydrogen-bond acceptors (Lipinski definition) is 2. The summed E-state index contributed by atoms with van der Waals surface area (Å²) in [5, 5.41) is 10.2. The Hall–Kier alpha value is -1.41. The number of aromatic nitrogens is 1. The average Bonchev–Trinajstić information content (AvgIpc) is 2.28. The van der Waals surface area contributed by atoms with Gasteiger partial charge in [-0.05, 0) is 12.1 Å². The highest BCUT2D eigenvalue weighted by molar-refractivity contribution is 5.91. The van der Waals surface area contributed by atoms with Gasteiger partial charge in [0.1, 0.15) is 0 Å². The van der Waals surface area contributed by atoms with E-state index >= 15 is 0 Å². The molecule has 2 nitrogen and oxygen atoms in total. The van der Waals surface area contributed by atoms with Crippen molar-refractivity contribution in [3.05, 3.63) is 29.8 Å². The van der Waals surface area contributed by atoms with Crippen LogP contribution in [0.3, 0.4) is 0 Å². The van der Waals surface area contributed by atoms with Gasteiger partial charge in [-0.1, -0.05) is 12.1 Å². The van der Waals surface area contributed by atoms with E-state index in [4.69, 9.17) is 5.11 Å². The van der Waals surface area contributed by atoms with Gasteiger partial charge >= 0.3 is 0 Å². The lowest BCUT2D eigenvalue weighted by atomic mass is 10.1. The lowest BCUT2D eigenvalue weighted by molar-refractivity contribution is 0.282. The quantitative estimate of drug-likeness (QED) is 0.583. The first-order chi connectivity index (χ1) is 5.88. The highest BCUT2D eigenvalue weighted by atomic mass is 16.3. The SMILES string of the molecule is OCc1cc2ccc3cc2nc1-3. The van der Waals surface area contributed by atoms with Crippen LogP contribution in [0.15, 0.2) is 24.3 Å². The smallest absolute Gasteiger partial charge is 0.0765 e. The fraction of sp³-hybridized carbons (Fsp3) is 0.100. The van der Waals surface area contributed by atoms with Gasteiger partial charge < -0.3 is 5.11 Å². The van der Waals surface area contributed by atoms with Gasteiger partial charge in [0.15, 0.2) is 0 Å². The largest absolute Gasteiger partial charge is 0.392 e. The summed E-state index contributed by atoms with van der Waals surface area (Å²) in [4.78, 5) is 4.38. The van der Waals surface area contributed by atoms with Crippen molar-refractivity contribution in [2.24, 2.45) is 0 Å². The molecule has 58 valence electrons. The van der Waals surface area contributed by atoms with Gasteiger partial charge in [0.2, 0.25) is 0 Å². The summed E-state index contributed by atoms with van der Waals surface area (Å²) < 4.78 is 0. The average molecular weight is 157 g/mol. The van der Waals surface area contributed by atoms with Crippen molar-refractivity contribution >= 4 is 10.9 Å². The van der Waals surface area contributed by atoms with E-state index in [1.165, 1.54) is 0 Å². The van der Waals surface area contributed by atoms with Crippen LogP contribution in [-0.4, -0.2) is 10.1 Å². The van der Waals surface area contributed by atoms with E-state index in [-0.39, 0.29) is 6.61 Å². The fourth-order valence-corrected chi connectivity index (χ4v) is 1.73. The maximum atomic E-state index is 9.05. The third-order valence-corrected chi connectivity index (χ3v) is 2.34. The minimum Gasteiger partial charge on any atom is -0.392 e. The summed E-state index contributed by atoms with van der Waals surface area (Å²) in [6, 6.07) is 8.15. The molecule has 0 saturated heterocycles. The Bertz CT molecular complexity index is 476. The Morgan fingerprint density at radius 3 is 3.00 bits per heavy atom. The van der Waals surface area contributed by atoms with Crippen molar-refractivity contribution < 1.29 is 5.11 Å². The van der Waals surface area contributed by atoms with E-state index in [0.717, 1.165) is 27.7 Å². The van der Waals surface area contributed by atoms with Gasteiger partial charge in [-0.3, -0.25) is 0 Å². The van der Waals surface area contributed by atoms with Crippen molar-refractivity contribution in [1.29, 1.82) is 0 Å². The summed E-state index contributed by atoms with van der Waals surface area (Å²) in [7, 11) is 0. The maximum absolute atomic E-state index is 9.05. The van der Waals surface area contributed by atoms with E-state index in [2.05, 4.69) is 11.1 Å². The topological polar surface area (TPSA) is 33.1 Å². The van der Waals surface area contributed by atoms with Crippen molar-refractivity contribution in [2.45, 2.75) is 6.61 Å². The van der Waals surface area contributed by atoms with Crippen LogP contribution in [0.5, 0.6) is 0 Å². The first-order valence-electron chi connectivity index (χ1n) is 3.93. The number of aliphatic hydroxyl groups is 1. The molecule has 2 heteroatoms. The number of nitrogens with zero attached hydrogens (tertiary/aromatic N) is 1. The normalized spacial score (nSPS) is 12.1. The molecule has 0 amide bonds. The molecular weight excluding hydrogens is 150 g/mol. The Morgan fingerprint density at radius 2 is 2.17 bits per heavy atom. The molecule has 0 fully saturated rings. The molecule has 3 rings (SSSR count). The molecule has 3 bridgehead atoms. The molecule has 0 radical (unpaired) electrons. The van der Waals surface area contributed by atoms with Gasteiger partial charge in [0.05, 0.1) is 17.8 Å². The molecular formula is C10H7NO. The van der Waals surface area contributed by atoms with E-state index in [1.54, 1.807) is 0 Å². The Morgan fingerprint density at radius 1 is 1.25 bits per heavy atom. The molecule has 1 aromatic carbocycles. The van der Waals surface area contributed by atoms with E-state index in [1.807, 2.05) is 18.2 Å². The summed E-state index contributed by atoms with van der Waals surface area (Å²) in [5.41, 5.74) is 4.05. The van der Waals surface area contributed by atoms with Crippen LogP contribution >= 0.6 is 0 Å². The van der Waals surface area contributed by atoms with Gasteiger partial charge in [-0.2, -0.15) is 0 Å². The molecule has 2 heterocycles. The molecule has 1 aromatic heterocycles. The summed E-state index contributed by atoms with van der Waals surface area (Å²) in [6.07, 6.45) is 0. The minimum absolute atomic E-state index is 0.0780. The summed E-state index contributed by atoms with van der Waals surface area (Å²) in [6.45, 7) is 0.0780.